The van der Waals surface area contributed by atoms with E-state index >= 15 is 0 Å². The molecule has 0 radical (unpaired) electrons. The van der Waals surface area contributed by atoms with Crippen LogP contribution in [0.3, 0.4) is 0 Å². The lowest BCUT2D eigenvalue weighted by atomic mass is 10.0. The monoisotopic (exact) mass is 478 g/mol. The molecule has 0 bridgehead atoms. The van der Waals surface area contributed by atoms with Gasteiger partial charge in [-0.25, -0.2) is 0 Å². The molecule has 0 aliphatic carbocycles. The highest BCUT2D eigenvalue weighted by Gasteiger charge is 2.30. The molecule has 0 aromatic heterocycles. The second-order valence-electron chi connectivity index (χ2n) is 9.92. The van der Waals surface area contributed by atoms with Gasteiger partial charge in [0.25, 0.3) is 5.91 Å². The van der Waals surface area contributed by atoms with E-state index in [0.29, 0.717) is 10.9 Å². The molecule has 0 spiro atoms. The van der Waals surface area contributed by atoms with Gasteiger partial charge in [0.2, 0.25) is 0 Å². The molecule has 1 unspecified atom stereocenters. The molecule has 0 saturated heterocycles. The van der Waals surface area contributed by atoms with Gasteiger partial charge in [-0.15, -0.1) is 0 Å². The Morgan fingerprint density at radius 2 is 1.22 bits per heavy atom. The molecule has 32 heavy (non-hydrogen) atoms. The first-order valence-electron chi connectivity index (χ1n) is 12.6. The summed E-state index contributed by atoms with van der Waals surface area (Å²) < 4.78 is 0.436. The zero-order chi connectivity index (χ0) is 23.5. The number of aliphatic hydroxyl groups is 2. The Labute approximate surface area is 203 Å². The van der Waals surface area contributed by atoms with Crippen LogP contribution in [0.4, 0.5) is 0 Å². The number of halogens is 1. The number of amides is 1. The summed E-state index contributed by atoms with van der Waals surface area (Å²) in [6, 6.07) is -0.844. The third-order valence-electron chi connectivity index (χ3n) is 5.72. The van der Waals surface area contributed by atoms with Crippen LogP contribution in [-0.2, 0) is 9.59 Å². The molecule has 2 N–H and O–H groups in total. The number of quaternary nitrogens is 1. The van der Waals surface area contributed by atoms with Crippen LogP contribution in [0.1, 0.15) is 96.8 Å². The van der Waals surface area contributed by atoms with Crippen molar-refractivity contribution in [1.29, 1.82) is 0 Å². The molecule has 192 valence electrons. The van der Waals surface area contributed by atoms with Gasteiger partial charge in [-0.2, -0.15) is 0 Å². The molecule has 1 amide bonds. The molecule has 0 fully saturated rings. The zero-order valence-electron chi connectivity index (χ0n) is 21.3. The fraction of sp³-hybridized carbons (Fsp3) is 0.920. The van der Waals surface area contributed by atoms with E-state index in [1.54, 1.807) is 0 Å². The summed E-state index contributed by atoms with van der Waals surface area (Å²) in [6.45, 7) is 1.95. The van der Waals surface area contributed by atoms with Gasteiger partial charge in [-0.05, 0) is 6.42 Å². The maximum absolute atomic E-state index is 12.6. The third kappa shape index (κ3) is 17.8. The van der Waals surface area contributed by atoms with Gasteiger partial charge in [0.05, 0.1) is 34.4 Å². The van der Waals surface area contributed by atoms with Gasteiger partial charge >= 0.3 is 0 Å². The van der Waals surface area contributed by atoms with Crippen LogP contribution < -0.4 is 12.4 Å². The van der Waals surface area contributed by atoms with Crippen LogP contribution in [0.15, 0.2) is 0 Å². The normalized spacial score (nSPS) is 12.3. The fourth-order valence-electron chi connectivity index (χ4n) is 3.92. The number of hydrogen-bond donors (Lipinski definition) is 2. The summed E-state index contributed by atoms with van der Waals surface area (Å²) in [5.74, 6) is -0.312. The Hall–Kier alpha value is -0.690. The van der Waals surface area contributed by atoms with Crippen molar-refractivity contribution < 1.29 is 36.7 Å². The number of unbranched alkanes of at least 4 members (excludes halogenated alkanes) is 12. The van der Waals surface area contributed by atoms with E-state index < -0.39 is 6.04 Å². The van der Waals surface area contributed by atoms with Crippen LogP contribution >= 0.6 is 0 Å². The average Bonchev–Trinajstić information content (AvgIpc) is 2.70. The Balaban J connectivity index is 0. The van der Waals surface area contributed by atoms with E-state index in [1.807, 2.05) is 21.1 Å². The van der Waals surface area contributed by atoms with Crippen LogP contribution in [0.25, 0.3) is 0 Å². The molecule has 1 atom stereocenters. The highest BCUT2D eigenvalue weighted by atomic mass is 35.5. The first-order chi connectivity index (χ1) is 14.8. The number of likely N-dealkylation sites (N-methyl/N-ethyl adjacent to an activating group) is 1. The summed E-state index contributed by atoms with van der Waals surface area (Å²) in [5, 5.41) is 19.1. The van der Waals surface area contributed by atoms with Gasteiger partial charge in [0.1, 0.15) is 6.04 Å². The van der Waals surface area contributed by atoms with Crippen molar-refractivity contribution in [3.05, 3.63) is 0 Å². The smallest absolute Gasteiger partial charge is 0.278 e. The number of aliphatic hydroxyl groups excluding tert-OH is 2. The Morgan fingerprint density at radius 1 is 0.781 bits per heavy atom. The molecule has 0 aliphatic rings. The van der Waals surface area contributed by atoms with Crippen LogP contribution in [-0.4, -0.2) is 84.8 Å². The molecule has 7 heteroatoms. The van der Waals surface area contributed by atoms with Crippen molar-refractivity contribution in [2.45, 2.75) is 103 Å². The molecule has 0 aromatic carbocycles. The molecule has 0 aromatic rings. The van der Waals surface area contributed by atoms with Crippen molar-refractivity contribution in [3.63, 3.8) is 0 Å². The summed E-state index contributed by atoms with van der Waals surface area (Å²) in [7, 11) is 5.70. The van der Waals surface area contributed by atoms with E-state index in [4.69, 9.17) is 0 Å². The lowest BCUT2D eigenvalue weighted by molar-refractivity contribution is -0.862. The standard InChI is InChI=1S/C25H51N2O4.ClH/c1-5-6-7-8-9-10-11-12-13-14-15-16-17-18-24(30)23(22-29)26(19-20-28)25(31)21-27(2,3)4;/h23,28-29H,5-22H2,1-4H3;1H/q+1;/p-1. The van der Waals surface area contributed by atoms with Crippen molar-refractivity contribution in [3.8, 4) is 0 Å². The maximum atomic E-state index is 12.6. The quantitative estimate of drug-likeness (QED) is 0.190. The number of carbonyl (C=O) groups excluding carboxylic acids is 2. The lowest BCUT2D eigenvalue weighted by Crippen LogP contribution is -3.00. The van der Waals surface area contributed by atoms with Crippen LogP contribution in [0, 0.1) is 0 Å². The molecule has 6 nitrogen and oxygen atoms in total. The van der Waals surface area contributed by atoms with Crippen molar-refractivity contribution in [1.82, 2.24) is 4.90 Å². The molecule has 0 heterocycles. The van der Waals surface area contributed by atoms with Crippen molar-refractivity contribution in [2.24, 2.45) is 0 Å². The van der Waals surface area contributed by atoms with Gasteiger partial charge in [0, 0.05) is 13.0 Å². The summed E-state index contributed by atoms with van der Waals surface area (Å²) >= 11 is 0. The second kappa shape index (κ2) is 20.9. The minimum atomic E-state index is -0.844. The Morgan fingerprint density at radius 3 is 1.59 bits per heavy atom. The minimum Gasteiger partial charge on any atom is -1.00 e. The predicted octanol–water partition coefficient (Wildman–Crippen LogP) is 0.929. The van der Waals surface area contributed by atoms with Gasteiger partial charge in [0.15, 0.2) is 12.3 Å². The van der Waals surface area contributed by atoms with Crippen molar-refractivity contribution in [2.75, 3.05) is 47.4 Å². The fourth-order valence-corrected chi connectivity index (χ4v) is 3.92. The molecule has 0 aliphatic heterocycles. The van der Waals surface area contributed by atoms with E-state index in [0.717, 1.165) is 19.3 Å². The van der Waals surface area contributed by atoms with E-state index in [-0.39, 0.29) is 50.4 Å². The average molecular weight is 479 g/mol. The number of nitrogens with zero attached hydrogens (tertiary/aromatic N) is 2. The maximum Gasteiger partial charge on any atom is 0.278 e. The van der Waals surface area contributed by atoms with E-state index in [1.165, 1.54) is 69.1 Å². The predicted molar refractivity (Wildman–Crippen MR) is 128 cm³/mol. The summed E-state index contributed by atoms with van der Waals surface area (Å²) in [6.07, 6.45) is 16.6. The largest absolute Gasteiger partial charge is 1.00 e. The number of hydrogen-bond acceptors (Lipinski definition) is 4. The van der Waals surface area contributed by atoms with E-state index in [9.17, 15) is 19.8 Å². The number of carbonyl (C=O) groups is 2. The number of rotatable bonds is 21. The van der Waals surface area contributed by atoms with Gasteiger partial charge in [-0.3, -0.25) is 9.59 Å². The Bertz CT molecular complexity index is 469. The molecular weight excluding hydrogens is 428 g/mol. The van der Waals surface area contributed by atoms with Crippen LogP contribution in [0.5, 0.6) is 0 Å². The molecule has 0 rings (SSSR count). The first kappa shape index (κ1) is 33.5. The summed E-state index contributed by atoms with van der Waals surface area (Å²) in [5.41, 5.74) is 0. The molecule has 0 saturated carbocycles. The highest BCUT2D eigenvalue weighted by Crippen LogP contribution is 2.14. The van der Waals surface area contributed by atoms with Gasteiger partial charge in [-0.1, -0.05) is 84.0 Å². The second-order valence-corrected chi connectivity index (χ2v) is 9.92. The number of Topliss-reactive ketones (excluding diaryl/α,β-unsaturated/α-hetero) is 1. The molecular formula is C25H51ClN2O4. The van der Waals surface area contributed by atoms with Crippen molar-refractivity contribution >= 4 is 11.7 Å². The lowest BCUT2D eigenvalue weighted by Gasteiger charge is -2.32. The third-order valence-corrected chi connectivity index (χ3v) is 5.72. The van der Waals surface area contributed by atoms with E-state index in [2.05, 4.69) is 6.92 Å². The van der Waals surface area contributed by atoms with Crippen LogP contribution in [0.2, 0.25) is 0 Å². The van der Waals surface area contributed by atoms with Gasteiger partial charge < -0.3 is 32.0 Å². The topological polar surface area (TPSA) is 77.8 Å². The highest BCUT2D eigenvalue weighted by molar-refractivity contribution is 5.89. The zero-order valence-corrected chi connectivity index (χ0v) is 22.0. The Kier molecular flexibility index (Phi) is 21.9. The SMILES string of the molecule is CCCCCCCCCCCCCCCC(=O)C(CO)N(CCO)C(=O)C[N+](C)(C)C.[Cl-]. The first-order valence-corrected chi connectivity index (χ1v) is 12.6. The minimum absolute atomic E-state index is 0. The number of ketones is 1. The summed E-state index contributed by atoms with van der Waals surface area (Å²) in [4.78, 5) is 26.6.